The molecule has 0 aliphatic rings. The second kappa shape index (κ2) is 6.97. The Balaban J connectivity index is 1.82. The molecule has 4 aromatic rings. The van der Waals surface area contributed by atoms with Crippen LogP contribution in [-0.4, -0.2) is 31.4 Å². The fourth-order valence-corrected chi connectivity index (χ4v) is 3.75. The highest BCUT2D eigenvalue weighted by atomic mass is 32.1. The number of thiazole rings is 1. The molecule has 0 aliphatic heterocycles. The predicted octanol–water partition coefficient (Wildman–Crippen LogP) is 3.86. The lowest BCUT2D eigenvalue weighted by atomic mass is 10.1. The molecular formula is C20H17N5O2S. The van der Waals surface area contributed by atoms with Crippen molar-refractivity contribution in [3.63, 3.8) is 0 Å². The first-order chi connectivity index (χ1) is 13.4. The van der Waals surface area contributed by atoms with Gasteiger partial charge in [-0.05, 0) is 13.0 Å². The van der Waals surface area contributed by atoms with Gasteiger partial charge in [-0.25, -0.2) is 9.97 Å². The third-order valence-corrected chi connectivity index (χ3v) is 5.37. The number of ketones is 1. The average molecular weight is 391 g/mol. The summed E-state index contributed by atoms with van der Waals surface area (Å²) >= 11 is 1.15. The zero-order valence-corrected chi connectivity index (χ0v) is 16.4. The Hall–Kier alpha value is -3.39. The van der Waals surface area contributed by atoms with Crippen LogP contribution in [0.25, 0.3) is 22.3 Å². The van der Waals surface area contributed by atoms with Gasteiger partial charge >= 0.3 is 0 Å². The lowest BCUT2D eigenvalue weighted by molar-refractivity contribution is 0.101. The number of carbonyl (C=O) groups excluding carboxylic acids is 2. The number of hydrogen-bond acceptors (Lipinski definition) is 6. The summed E-state index contributed by atoms with van der Waals surface area (Å²) in [6.45, 7) is 3.32. The first kappa shape index (κ1) is 18.0. The number of nitrogens with one attached hydrogen (secondary N) is 1. The Morgan fingerprint density at radius 2 is 1.93 bits per heavy atom. The lowest BCUT2D eigenvalue weighted by Gasteiger charge is -2.08. The maximum atomic E-state index is 13.1. The summed E-state index contributed by atoms with van der Waals surface area (Å²) in [6.07, 6.45) is 1.47. The third kappa shape index (κ3) is 3.18. The van der Waals surface area contributed by atoms with E-state index in [1.54, 1.807) is 17.8 Å². The summed E-state index contributed by atoms with van der Waals surface area (Å²) in [5, 5.41) is 8.29. The second-order valence-corrected chi connectivity index (χ2v) is 7.40. The van der Waals surface area contributed by atoms with Crippen molar-refractivity contribution in [3.8, 4) is 11.3 Å². The second-order valence-electron chi connectivity index (χ2n) is 6.37. The van der Waals surface area contributed by atoms with Crippen LogP contribution in [0.5, 0.6) is 0 Å². The Kier molecular flexibility index (Phi) is 4.48. The average Bonchev–Trinajstić information content (AvgIpc) is 3.26. The number of rotatable bonds is 4. The van der Waals surface area contributed by atoms with Gasteiger partial charge < -0.3 is 0 Å². The number of benzene rings is 1. The Bertz CT molecular complexity index is 1210. The van der Waals surface area contributed by atoms with Crippen molar-refractivity contribution in [2.75, 3.05) is 5.32 Å². The predicted molar refractivity (Wildman–Crippen MR) is 109 cm³/mol. The fourth-order valence-electron chi connectivity index (χ4n) is 3.04. The summed E-state index contributed by atoms with van der Waals surface area (Å²) < 4.78 is 1.67. The van der Waals surface area contributed by atoms with Crippen molar-refractivity contribution in [2.24, 2.45) is 7.05 Å². The van der Waals surface area contributed by atoms with Gasteiger partial charge in [-0.2, -0.15) is 5.10 Å². The molecule has 3 aromatic heterocycles. The van der Waals surface area contributed by atoms with Crippen LogP contribution in [0.2, 0.25) is 0 Å². The molecule has 0 bridgehead atoms. The van der Waals surface area contributed by atoms with E-state index in [4.69, 9.17) is 4.98 Å². The Labute approximate surface area is 165 Å². The van der Waals surface area contributed by atoms with E-state index in [0.29, 0.717) is 32.3 Å². The number of anilines is 1. The molecule has 1 amide bonds. The highest BCUT2D eigenvalue weighted by molar-refractivity contribution is 7.17. The molecular weight excluding hydrogens is 374 g/mol. The molecule has 4 rings (SSSR count). The summed E-state index contributed by atoms with van der Waals surface area (Å²) in [6, 6.07) is 11.4. The van der Waals surface area contributed by atoms with Gasteiger partial charge in [0.2, 0.25) is 0 Å². The van der Waals surface area contributed by atoms with E-state index >= 15 is 0 Å². The van der Waals surface area contributed by atoms with Crippen molar-refractivity contribution in [1.82, 2.24) is 19.7 Å². The molecule has 1 aromatic carbocycles. The smallest absolute Gasteiger partial charge is 0.258 e. The van der Waals surface area contributed by atoms with Crippen LogP contribution in [0.15, 0.2) is 42.6 Å². The molecule has 0 saturated heterocycles. The maximum Gasteiger partial charge on any atom is 0.258 e. The largest absolute Gasteiger partial charge is 0.298 e. The van der Waals surface area contributed by atoms with Gasteiger partial charge in [0.05, 0.1) is 33.4 Å². The first-order valence-corrected chi connectivity index (χ1v) is 9.43. The van der Waals surface area contributed by atoms with Crippen molar-refractivity contribution in [3.05, 3.63) is 58.7 Å². The van der Waals surface area contributed by atoms with E-state index in [0.717, 1.165) is 22.6 Å². The van der Waals surface area contributed by atoms with Crippen LogP contribution in [0.3, 0.4) is 0 Å². The zero-order valence-electron chi connectivity index (χ0n) is 15.6. The van der Waals surface area contributed by atoms with E-state index in [1.165, 1.54) is 13.1 Å². The molecule has 28 heavy (non-hydrogen) atoms. The fraction of sp³-hybridized carbons (Fsp3) is 0.150. The van der Waals surface area contributed by atoms with E-state index in [2.05, 4.69) is 15.4 Å². The van der Waals surface area contributed by atoms with Crippen LogP contribution in [0.4, 0.5) is 5.13 Å². The van der Waals surface area contributed by atoms with Crippen LogP contribution in [-0.2, 0) is 7.05 Å². The summed E-state index contributed by atoms with van der Waals surface area (Å²) in [5.41, 5.74) is 3.41. The van der Waals surface area contributed by atoms with Gasteiger partial charge in [-0.1, -0.05) is 41.7 Å². The van der Waals surface area contributed by atoms with Crippen LogP contribution < -0.4 is 5.32 Å². The minimum absolute atomic E-state index is 0.0845. The number of aryl methyl sites for hydroxylation is 2. The molecule has 0 radical (unpaired) electrons. The van der Waals surface area contributed by atoms with Crippen LogP contribution in [0, 0.1) is 6.92 Å². The van der Waals surface area contributed by atoms with E-state index in [-0.39, 0.29) is 11.7 Å². The van der Waals surface area contributed by atoms with Crippen LogP contribution in [0.1, 0.15) is 32.6 Å². The van der Waals surface area contributed by atoms with Gasteiger partial charge in [0.15, 0.2) is 16.6 Å². The standard InChI is InChI=1S/C20H17N5O2S/c1-11-17-14(19(27)23-20-21-10-16(28-20)12(2)26)9-15(13-7-5-4-6-8-13)22-18(17)25(3)24-11/h4-10H,1-3H3,(H,21,23,27). The zero-order chi connectivity index (χ0) is 19.8. The van der Waals surface area contributed by atoms with Gasteiger partial charge in [0, 0.05) is 19.5 Å². The third-order valence-electron chi connectivity index (χ3n) is 4.36. The first-order valence-electron chi connectivity index (χ1n) is 8.62. The monoisotopic (exact) mass is 391 g/mol. The van der Waals surface area contributed by atoms with Gasteiger partial charge in [0.25, 0.3) is 5.91 Å². The number of aromatic nitrogens is 4. The quantitative estimate of drug-likeness (QED) is 0.534. The van der Waals surface area contributed by atoms with Crippen molar-refractivity contribution >= 4 is 39.2 Å². The summed E-state index contributed by atoms with van der Waals surface area (Å²) in [5.74, 6) is -0.399. The number of nitrogens with zero attached hydrogens (tertiary/aromatic N) is 4. The topological polar surface area (TPSA) is 89.8 Å². The molecule has 0 atom stereocenters. The maximum absolute atomic E-state index is 13.1. The minimum atomic E-state index is -0.315. The Morgan fingerprint density at radius 3 is 2.61 bits per heavy atom. The normalized spacial score (nSPS) is 11.0. The highest BCUT2D eigenvalue weighted by Gasteiger charge is 2.20. The minimum Gasteiger partial charge on any atom is -0.298 e. The summed E-state index contributed by atoms with van der Waals surface area (Å²) in [7, 11) is 1.80. The molecule has 140 valence electrons. The van der Waals surface area contributed by atoms with Crippen LogP contribution >= 0.6 is 11.3 Å². The van der Waals surface area contributed by atoms with E-state index in [9.17, 15) is 9.59 Å². The van der Waals surface area contributed by atoms with E-state index < -0.39 is 0 Å². The number of amides is 1. The number of carbonyl (C=O) groups is 2. The number of hydrogen-bond donors (Lipinski definition) is 1. The highest BCUT2D eigenvalue weighted by Crippen LogP contribution is 2.28. The molecule has 3 heterocycles. The Morgan fingerprint density at radius 1 is 1.18 bits per heavy atom. The lowest BCUT2D eigenvalue weighted by Crippen LogP contribution is -2.13. The van der Waals surface area contributed by atoms with Gasteiger partial charge in [0.1, 0.15) is 0 Å². The summed E-state index contributed by atoms with van der Waals surface area (Å²) in [4.78, 5) is 33.9. The van der Waals surface area contributed by atoms with Crippen molar-refractivity contribution in [1.29, 1.82) is 0 Å². The molecule has 0 aliphatic carbocycles. The molecule has 0 fully saturated rings. The SMILES string of the molecule is CC(=O)c1cnc(NC(=O)c2cc(-c3ccccc3)nc3c2c(C)nn3C)s1. The molecule has 1 N–H and O–H groups in total. The van der Waals surface area contributed by atoms with E-state index in [1.807, 2.05) is 37.3 Å². The van der Waals surface area contributed by atoms with Gasteiger partial charge in [-0.15, -0.1) is 0 Å². The number of Topliss-reactive ketones (excluding diaryl/α,β-unsaturated/α-hetero) is 1. The molecule has 0 spiro atoms. The molecule has 7 nitrogen and oxygen atoms in total. The van der Waals surface area contributed by atoms with Crippen molar-refractivity contribution < 1.29 is 9.59 Å². The molecule has 8 heteroatoms. The van der Waals surface area contributed by atoms with Gasteiger partial charge in [-0.3, -0.25) is 19.6 Å². The number of pyridine rings is 1. The number of fused-ring (bicyclic) bond motifs is 1. The molecule has 0 saturated carbocycles. The molecule has 0 unspecified atom stereocenters. The van der Waals surface area contributed by atoms with Crippen molar-refractivity contribution in [2.45, 2.75) is 13.8 Å².